The molecule has 0 saturated carbocycles. The van der Waals surface area contributed by atoms with Crippen molar-refractivity contribution in [3.05, 3.63) is 58.9 Å². The van der Waals surface area contributed by atoms with Gasteiger partial charge in [-0.15, -0.1) is 0 Å². The zero-order valence-corrected chi connectivity index (χ0v) is 17.6. The van der Waals surface area contributed by atoms with E-state index in [2.05, 4.69) is 5.32 Å². The van der Waals surface area contributed by atoms with Crippen molar-refractivity contribution in [1.82, 2.24) is 10.2 Å². The highest BCUT2D eigenvalue weighted by molar-refractivity contribution is 5.94. The van der Waals surface area contributed by atoms with Crippen LogP contribution in [0.25, 0.3) is 0 Å². The summed E-state index contributed by atoms with van der Waals surface area (Å²) in [5.74, 6) is 0.812. The fraction of sp³-hybridized carbons (Fsp3) is 0.522. The maximum Gasteiger partial charge on any atom is 0.253 e. The van der Waals surface area contributed by atoms with Gasteiger partial charge in [0, 0.05) is 44.6 Å². The highest BCUT2D eigenvalue weighted by Crippen LogP contribution is 2.27. The zero-order valence-electron chi connectivity index (χ0n) is 17.6. The van der Waals surface area contributed by atoms with Gasteiger partial charge in [0.1, 0.15) is 18.0 Å². The van der Waals surface area contributed by atoms with Crippen LogP contribution >= 0.6 is 0 Å². The standard InChI is InChI=1S/C23H33FN2O2/c1-5-7-21(6-2)28-15-12-25-17-23(24)10-13-26(14-11-23)22(27)20-9-8-18(3)19(4)16-20/h5-9,16,25H,10-15,17H2,1-4H3/b7-5-,21-6+. The number of amides is 1. The van der Waals surface area contributed by atoms with Gasteiger partial charge in [-0.3, -0.25) is 4.79 Å². The molecule has 1 saturated heterocycles. The number of carbonyl (C=O) groups is 1. The van der Waals surface area contributed by atoms with Crippen LogP contribution in [0, 0.1) is 13.8 Å². The first-order valence-corrected chi connectivity index (χ1v) is 10.1. The smallest absolute Gasteiger partial charge is 0.253 e. The Balaban J connectivity index is 1.75. The van der Waals surface area contributed by atoms with E-state index in [1.54, 1.807) is 4.90 Å². The molecule has 1 aliphatic rings. The number of halogens is 1. The molecule has 1 aromatic carbocycles. The van der Waals surface area contributed by atoms with Crippen molar-refractivity contribution in [1.29, 1.82) is 0 Å². The van der Waals surface area contributed by atoms with E-state index in [1.165, 1.54) is 5.56 Å². The zero-order chi connectivity index (χ0) is 20.6. The second-order valence-corrected chi connectivity index (χ2v) is 7.46. The molecule has 1 aromatic rings. The summed E-state index contributed by atoms with van der Waals surface area (Å²) in [5, 5.41) is 3.15. The minimum atomic E-state index is -1.27. The molecule has 2 rings (SSSR count). The monoisotopic (exact) mass is 388 g/mol. The Labute approximate surface area is 168 Å². The van der Waals surface area contributed by atoms with Crippen LogP contribution in [0.15, 0.2) is 42.2 Å². The second-order valence-electron chi connectivity index (χ2n) is 7.46. The number of rotatable bonds is 8. The Morgan fingerprint density at radius 1 is 1.25 bits per heavy atom. The molecule has 4 nitrogen and oxygen atoms in total. The molecule has 28 heavy (non-hydrogen) atoms. The molecule has 0 bridgehead atoms. The van der Waals surface area contributed by atoms with E-state index in [9.17, 15) is 4.79 Å². The number of benzene rings is 1. The van der Waals surface area contributed by atoms with Gasteiger partial charge in [0.15, 0.2) is 0 Å². The quantitative estimate of drug-likeness (QED) is 0.409. The Morgan fingerprint density at radius 3 is 2.57 bits per heavy atom. The van der Waals surface area contributed by atoms with Crippen LogP contribution < -0.4 is 5.32 Å². The van der Waals surface area contributed by atoms with Crippen molar-refractivity contribution < 1.29 is 13.9 Å². The molecule has 0 aliphatic carbocycles. The number of aryl methyl sites for hydroxylation is 2. The molecule has 1 fully saturated rings. The van der Waals surface area contributed by atoms with Gasteiger partial charge < -0.3 is 15.0 Å². The van der Waals surface area contributed by atoms with E-state index in [-0.39, 0.29) is 12.5 Å². The first-order valence-electron chi connectivity index (χ1n) is 10.1. The average molecular weight is 389 g/mol. The summed E-state index contributed by atoms with van der Waals surface area (Å²) in [6.45, 7) is 10.2. The molecule has 0 radical (unpaired) electrons. The summed E-state index contributed by atoms with van der Waals surface area (Å²) in [5.41, 5.74) is 1.68. The number of hydrogen-bond acceptors (Lipinski definition) is 3. The lowest BCUT2D eigenvalue weighted by atomic mass is 9.92. The fourth-order valence-corrected chi connectivity index (χ4v) is 3.29. The Bertz CT molecular complexity index is 719. The minimum Gasteiger partial charge on any atom is -0.493 e. The van der Waals surface area contributed by atoms with E-state index in [0.29, 0.717) is 44.6 Å². The Kier molecular flexibility index (Phi) is 8.24. The maximum absolute atomic E-state index is 15.0. The largest absolute Gasteiger partial charge is 0.493 e. The Hall–Kier alpha value is -2.14. The molecule has 1 aliphatic heterocycles. The number of nitrogens with zero attached hydrogens (tertiary/aromatic N) is 1. The number of piperidine rings is 1. The molecular formula is C23H33FN2O2. The summed E-state index contributed by atoms with van der Waals surface area (Å²) < 4.78 is 20.6. The first-order chi connectivity index (χ1) is 13.4. The number of ether oxygens (including phenoxy) is 1. The molecule has 0 spiro atoms. The van der Waals surface area contributed by atoms with Crippen molar-refractivity contribution >= 4 is 5.91 Å². The van der Waals surface area contributed by atoms with Crippen LogP contribution in [0.4, 0.5) is 4.39 Å². The third-order valence-electron chi connectivity index (χ3n) is 5.31. The van der Waals surface area contributed by atoms with Gasteiger partial charge in [0.05, 0.1) is 0 Å². The predicted molar refractivity (Wildman–Crippen MR) is 112 cm³/mol. The predicted octanol–water partition coefficient (Wildman–Crippen LogP) is 4.33. The molecular weight excluding hydrogens is 355 g/mol. The van der Waals surface area contributed by atoms with E-state index >= 15 is 4.39 Å². The van der Waals surface area contributed by atoms with Crippen LogP contribution in [0.5, 0.6) is 0 Å². The molecule has 5 heteroatoms. The van der Waals surface area contributed by atoms with Gasteiger partial charge >= 0.3 is 0 Å². The van der Waals surface area contributed by atoms with E-state index in [4.69, 9.17) is 4.74 Å². The number of nitrogens with one attached hydrogen (secondary N) is 1. The Morgan fingerprint density at radius 2 is 1.96 bits per heavy atom. The second kappa shape index (κ2) is 10.4. The van der Waals surface area contributed by atoms with Crippen molar-refractivity contribution in [2.75, 3.05) is 32.8 Å². The topological polar surface area (TPSA) is 41.6 Å². The average Bonchev–Trinajstić information content (AvgIpc) is 2.69. The van der Waals surface area contributed by atoms with E-state index < -0.39 is 5.67 Å². The van der Waals surface area contributed by atoms with E-state index in [0.717, 1.165) is 11.3 Å². The normalized spacial score (nSPS) is 17.2. The van der Waals surface area contributed by atoms with Crippen molar-refractivity contribution in [2.45, 2.75) is 46.2 Å². The lowest BCUT2D eigenvalue weighted by Gasteiger charge is -2.36. The molecule has 154 valence electrons. The number of carbonyl (C=O) groups excluding carboxylic acids is 1. The molecule has 1 N–H and O–H groups in total. The van der Waals surface area contributed by atoms with Crippen molar-refractivity contribution in [3.63, 3.8) is 0 Å². The van der Waals surface area contributed by atoms with Gasteiger partial charge in [-0.1, -0.05) is 12.1 Å². The van der Waals surface area contributed by atoms with Crippen LogP contribution in [-0.2, 0) is 4.74 Å². The van der Waals surface area contributed by atoms with Gasteiger partial charge in [-0.05, 0) is 63.1 Å². The SMILES string of the molecule is C/C=C\C(=C/C)OCCNCC1(F)CCN(C(=O)c2ccc(C)c(C)c2)CC1. The molecule has 1 heterocycles. The van der Waals surface area contributed by atoms with Crippen molar-refractivity contribution in [3.8, 4) is 0 Å². The van der Waals surface area contributed by atoms with Gasteiger partial charge in [-0.25, -0.2) is 4.39 Å². The third-order valence-corrected chi connectivity index (χ3v) is 5.31. The number of likely N-dealkylation sites (tertiary alicyclic amines) is 1. The summed E-state index contributed by atoms with van der Waals surface area (Å²) >= 11 is 0. The first kappa shape index (κ1) is 22.2. The van der Waals surface area contributed by atoms with Crippen LogP contribution in [0.3, 0.4) is 0 Å². The summed E-state index contributed by atoms with van der Waals surface area (Å²) in [4.78, 5) is 14.4. The van der Waals surface area contributed by atoms with Gasteiger partial charge in [-0.2, -0.15) is 0 Å². The molecule has 0 unspecified atom stereocenters. The summed E-state index contributed by atoms with van der Waals surface area (Å²) in [7, 11) is 0. The van der Waals surface area contributed by atoms with Crippen LogP contribution in [0.1, 0.15) is 48.2 Å². The summed E-state index contributed by atoms with van der Waals surface area (Å²) in [6.07, 6.45) is 6.44. The van der Waals surface area contributed by atoms with E-state index in [1.807, 2.05) is 64.1 Å². The van der Waals surface area contributed by atoms with Crippen LogP contribution in [0.2, 0.25) is 0 Å². The lowest BCUT2D eigenvalue weighted by Crippen LogP contribution is -2.49. The maximum atomic E-state index is 15.0. The molecule has 0 atom stereocenters. The molecule has 1 amide bonds. The highest BCUT2D eigenvalue weighted by Gasteiger charge is 2.35. The molecule has 0 aromatic heterocycles. The van der Waals surface area contributed by atoms with Crippen molar-refractivity contribution in [2.24, 2.45) is 0 Å². The fourth-order valence-electron chi connectivity index (χ4n) is 3.29. The van der Waals surface area contributed by atoms with Gasteiger partial charge in [0.25, 0.3) is 5.91 Å². The number of allylic oxidation sites excluding steroid dienone is 3. The lowest BCUT2D eigenvalue weighted by molar-refractivity contribution is 0.0430. The number of alkyl halides is 1. The van der Waals surface area contributed by atoms with Crippen LogP contribution in [-0.4, -0.2) is 49.3 Å². The number of hydrogen-bond donors (Lipinski definition) is 1. The highest BCUT2D eigenvalue weighted by atomic mass is 19.1. The summed E-state index contributed by atoms with van der Waals surface area (Å²) in [6, 6.07) is 5.74. The third kappa shape index (κ3) is 6.20. The van der Waals surface area contributed by atoms with Gasteiger partial charge in [0.2, 0.25) is 0 Å². The minimum absolute atomic E-state index is 0.00521.